The molecule has 10 heteroatoms. The van der Waals surface area contributed by atoms with Crippen LogP contribution in [0.5, 0.6) is 0 Å². The van der Waals surface area contributed by atoms with Gasteiger partial charge in [0.15, 0.2) is 0 Å². The number of hydrogen-bond donors (Lipinski definition) is 1. The smallest absolute Gasteiger partial charge is 0.212 e. The largest absolute Gasteiger partial charge is 0.416 e. The zero-order valence-corrected chi connectivity index (χ0v) is 13.8. The summed E-state index contributed by atoms with van der Waals surface area (Å²) in [6.07, 6.45) is -8.45. The number of sulfonamides is 1. The molecule has 2 rings (SSSR count). The van der Waals surface area contributed by atoms with E-state index in [4.69, 9.17) is 0 Å². The fraction of sp³-hybridized carbons (Fsp3) is 0.600. The van der Waals surface area contributed by atoms with Crippen LogP contribution >= 0.6 is 0 Å². The Morgan fingerprint density at radius 3 is 2.28 bits per heavy atom. The molecule has 25 heavy (non-hydrogen) atoms. The molecule has 1 N–H and O–H groups in total. The van der Waals surface area contributed by atoms with E-state index in [9.17, 15) is 34.8 Å². The quantitative estimate of drug-likeness (QED) is 0.783. The number of hydrogen-bond acceptors (Lipinski definition) is 2. The van der Waals surface area contributed by atoms with Crippen molar-refractivity contribution in [1.29, 1.82) is 0 Å². The van der Waals surface area contributed by atoms with Crippen molar-refractivity contribution in [3.8, 4) is 0 Å². The van der Waals surface area contributed by atoms with E-state index in [0.717, 1.165) is 12.1 Å². The SMILES string of the molecule is O=S(=O)(Cc1cccc(C(F)(F)F)c1)NC1CCCCC1C(F)(F)F. The van der Waals surface area contributed by atoms with Crippen molar-refractivity contribution in [2.45, 2.75) is 49.8 Å². The minimum Gasteiger partial charge on any atom is -0.212 e. The number of halogens is 6. The molecule has 0 aliphatic heterocycles. The molecule has 0 amide bonds. The molecule has 0 spiro atoms. The van der Waals surface area contributed by atoms with Crippen molar-refractivity contribution in [1.82, 2.24) is 4.72 Å². The fourth-order valence-corrected chi connectivity index (χ4v) is 4.44. The van der Waals surface area contributed by atoms with E-state index < -0.39 is 45.7 Å². The van der Waals surface area contributed by atoms with Gasteiger partial charge in [-0.15, -0.1) is 0 Å². The Labute approximate surface area is 141 Å². The monoisotopic (exact) mass is 389 g/mol. The van der Waals surface area contributed by atoms with Crippen LogP contribution in [0, 0.1) is 5.92 Å². The summed E-state index contributed by atoms with van der Waals surface area (Å²) >= 11 is 0. The summed E-state index contributed by atoms with van der Waals surface area (Å²) in [7, 11) is -4.21. The Morgan fingerprint density at radius 1 is 1.04 bits per heavy atom. The molecule has 1 aliphatic rings. The lowest BCUT2D eigenvalue weighted by Gasteiger charge is -2.33. The van der Waals surface area contributed by atoms with Gasteiger partial charge in [-0.1, -0.05) is 31.0 Å². The summed E-state index contributed by atoms with van der Waals surface area (Å²) < 4.78 is 103. The molecule has 0 aromatic heterocycles. The lowest BCUT2D eigenvalue weighted by molar-refractivity contribution is -0.187. The van der Waals surface area contributed by atoms with Crippen molar-refractivity contribution in [3.05, 3.63) is 35.4 Å². The Balaban J connectivity index is 2.14. The van der Waals surface area contributed by atoms with Crippen molar-refractivity contribution in [3.63, 3.8) is 0 Å². The first-order chi connectivity index (χ1) is 11.4. The lowest BCUT2D eigenvalue weighted by Crippen LogP contribution is -2.47. The Bertz CT molecular complexity index is 699. The maximum Gasteiger partial charge on any atom is 0.416 e. The molecule has 142 valence electrons. The molecular formula is C15H17F6NO2S. The standard InChI is InChI=1S/C15H17F6NO2S/c16-14(17,18)11-5-3-4-10(8-11)9-25(23,24)22-13-7-2-1-6-12(13)15(19,20)21/h3-5,8,12-13,22H,1-2,6-7,9H2. The van der Waals surface area contributed by atoms with Crippen molar-refractivity contribution in [2.24, 2.45) is 5.92 Å². The summed E-state index contributed by atoms with van der Waals surface area (Å²) in [5.41, 5.74) is -1.15. The van der Waals surface area contributed by atoms with Crippen LogP contribution in [0.3, 0.4) is 0 Å². The van der Waals surface area contributed by atoms with Gasteiger partial charge >= 0.3 is 12.4 Å². The van der Waals surface area contributed by atoms with Crippen LogP contribution in [0.2, 0.25) is 0 Å². The van der Waals surface area contributed by atoms with Gasteiger partial charge in [0, 0.05) is 6.04 Å². The van der Waals surface area contributed by atoms with Crippen molar-refractivity contribution in [2.75, 3.05) is 0 Å². The first-order valence-electron chi connectivity index (χ1n) is 7.61. The van der Waals surface area contributed by atoms with Gasteiger partial charge in [-0.05, 0) is 24.5 Å². The van der Waals surface area contributed by atoms with E-state index in [1.54, 1.807) is 0 Å². The van der Waals surface area contributed by atoms with Crippen LogP contribution in [-0.2, 0) is 22.0 Å². The molecule has 1 aliphatic carbocycles. The molecule has 0 heterocycles. The van der Waals surface area contributed by atoms with E-state index in [1.807, 2.05) is 4.72 Å². The lowest BCUT2D eigenvalue weighted by atomic mass is 9.85. The molecule has 1 aromatic carbocycles. The van der Waals surface area contributed by atoms with E-state index in [1.165, 1.54) is 6.07 Å². The maximum absolute atomic E-state index is 13.0. The highest BCUT2D eigenvalue weighted by molar-refractivity contribution is 7.88. The number of benzene rings is 1. The number of rotatable bonds is 4. The highest BCUT2D eigenvalue weighted by Crippen LogP contribution is 2.38. The molecule has 0 bridgehead atoms. The Hall–Kier alpha value is -1.29. The second kappa shape index (κ2) is 7.14. The van der Waals surface area contributed by atoms with Gasteiger partial charge in [-0.3, -0.25) is 0 Å². The van der Waals surface area contributed by atoms with Gasteiger partial charge in [0.05, 0.1) is 17.2 Å². The molecule has 2 atom stereocenters. The fourth-order valence-electron chi connectivity index (χ4n) is 2.99. The topological polar surface area (TPSA) is 46.2 Å². The highest BCUT2D eigenvalue weighted by atomic mass is 32.2. The number of nitrogens with one attached hydrogen (secondary N) is 1. The summed E-state index contributed by atoms with van der Waals surface area (Å²) in [6, 6.07) is 2.44. The summed E-state index contributed by atoms with van der Waals surface area (Å²) in [4.78, 5) is 0. The predicted molar refractivity (Wildman–Crippen MR) is 79.0 cm³/mol. The van der Waals surface area contributed by atoms with E-state index in [0.29, 0.717) is 18.9 Å². The normalized spacial score (nSPS) is 22.8. The molecule has 1 aromatic rings. The average Bonchev–Trinajstić information content (AvgIpc) is 2.45. The second-order valence-electron chi connectivity index (χ2n) is 6.11. The van der Waals surface area contributed by atoms with Gasteiger partial charge < -0.3 is 0 Å². The van der Waals surface area contributed by atoms with Crippen molar-refractivity contribution >= 4 is 10.0 Å². The van der Waals surface area contributed by atoms with Gasteiger partial charge in [-0.2, -0.15) is 26.3 Å². The van der Waals surface area contributed by atoms with Crippen LogP contribution < -0.4 is 4.72 Å². The van der Waals surface area contributed by atoms with Crippen LogP contribution in [0.25, 0.3) is 0 Å². The van der Waals surface area contributed by atoms with Crippen LogP contribution in [0.15, 0.2) is 24.3 Å². The van der Waals surface area contributed by atoms with Crippen LogP contribution in [-0.4, -0.2) is 20.6 Å². The average molecular weight is 389 g/mol. The van der Waals surface area contributed by atoms with Gasteiger partial charge in [0.2, 0.25) is 10.0 Å². The summed E-state index contributed by atoms with van der Waals surface area (Å²) in [5.74, 6) is -2.59. The number of alkyl halides is 6. The summed E-state index contributed by atoms with van der Waals surface area (Å²) in [6.45, 7) is 0. The Morgan fingerprint density at radius 2 is 1.68 bits per heavy atom. The zero-order valence-electron chi connectivity index (χ0n) is 13.0. The molecule has 2 unspecified atom stereocenters. The molecule has 1 fully saturated rings. The van der Waals surface area contributed by atoms with E-state index >= 15 is 0 Å². The van der Waals surface area contributed by atoms with Gasteiger partial charge in [0.25, 0.3) is 0 Å². The molecule has 3 nitrogen and oxygen atoms in total. The Kier molecular flexibility index (Phi) is 5.72. The first kappa shape index (κ1) is 20.0. The zero-order chi connectivity index (χ0) is 18.9. The van der Waals surface area contributed by atoms with Crippen LogP contribution in [0.1, 0.15) is 36.8 Å². The maximum atomic E-state index is 13.0. The molecule has 0 radical (unpaired) electrons. The molecule has 1 saturated carbocycles. The highest BCUT2D eigenvalue weighted by Gasteiger charge is 2.46. The molecule has 0 saturated heterocycles. The minimum absolute atomic E-state index is 0.0476. The summed E-state index contributed by atoms with van der Waals surface area (Å²) in [5, 5.41) is 0. The van der Waals surface area contributed by atoms with Gasteiger partial charge in [0.1, 0.15) is 0 Å². The van der Waals surface area contributed by atoms with Crippen LogP contribution in [0.4, 0.5) is 26.3 Å². The third kappa shape index (κ3) is 5.60. The van der Waals surface area contributed by atoms with E-state index in [-0.39, 0.29) is 18.4 Å². The third-order valence-electron chi connectivity index (χ3n) is 4.13. The van der Waals surface area contributed by atoms with E-state index in [2.05, 4.69) is 0 Å². The van der Waals surface area contributed by atoms with Gasteiger partial charge in [-0.25, -0.2) is 13.1 Å². The first-order valence-corrected chi connectivity index (χ1v) is 9.26. The minimum atomic E-state index is -4.63. The van der Waals surface area contributed by atoms with Crippen molar-refractivity contribution < 1.29 is 34.8 Å². The molecular weight excluding hydrogens is 372 g/mol. The second-order valence-corrected chi connectivity index (χ2v) is 7.87. The third-order valence-corrected chi connectivity index (χ3v) is 5.50. The predicted octanol–water partition coefficient (Wildman–Crippen LogP) is 4.25.